The Balaban J connectivity index is 1.78. The summed E-state index contributed by atoms with van der Waals surface area (Å²) in [5.41, 5.74) is 1.04. The average Bonchev–Trinajstić information content (AvgIpc) is 3.06. The first-order valence-electron chi connectivity index (χ1n) is 7.88. The molecule has 1 saturated carbocycles. The van der Waals surface area contributed by atoms with Gasteiger partial charge in [0.05, 0.1) is 17.4 Å². The molecule has 24 heavy (non-hydrogen) atoms. The topological polar surface area (TPSA) is 92.5 Å². The highest BCUT2D eigenvalue weighted by atomic mass is 32.2. The third kappa shape index (κ3) is 2.37. The molecule has 4 rings (SSSR count). The van der Waals surface area contributed by atoms with Crippen molar-refractivity contribution in [3.8, 4) is 0 Å². The fraction of sp³-hybridized carbons (Fsp3) is 0.375. The minimum Gasteiger partial charge on any atom is -0.478 e. The number of carboxylic acid groups (broad SMARTS) is 1. The van der Waals surface area contributed by atoms with Gasteiger partial charge in [0.1, 0.15) is 0 Å². The van der Waals surface area contributed by atoms with Crippen molar-refractivity contribution in [1.29, 1.82) is 0 Å². The van der Waals surface area contributed by atoms with E-state index >= 15 is 0 Å². The van der Waals surface area contributed by atoms with Crippen molar-refractivity contribution in [2.24, 2.45) is 5.92 Å². The second-order valence-electron chi connectivity index (χ2n) is 6.24. The van der Waals surface area contributed by atoms with E-state index in [9.17, 15) is 18.3 Å². The van der Waals surface area contributed by atoms with E-state index in [0.29, 0.717) is 18.9 Å². The van der Waals surface area contributed by atoms with Crippen LogP contribution in [0.3, 0.4) is 0 Å². The smallest absolute Gasteiger partial charge is 0.337 e. The van der Waals surface area contributed by atoms with Crippen LogP contribution in [0.15, 0.2) is 35.5 Å². The number of para-hydroxylation sites is 1. The molecule has 0 atom stereocenters. The van der Waals surface area contributed by atoms with Crippen molar-refractivity contribution in [1.82, 2.24) is 9.78 Å². The van der Waals surface area contributed by atoms with Crippen molar-refractivity contribution in [2.45, 2.75) is 30.8 Å². The molecule has 2 heterocycles. The zero-order valence-electron chi connectivity index (χ0n) is 12.9. The summed E-state index contributed by atoms with van der Waals surface area (Å²) >= 11 is 0. The Hall–Kier alpha value is -2.35. The maximum Gasteiger partial charge on any atom is 0.337 e. The molecule has 1 aromatic carbocycles. The van der Waals surface area contributed by atoms with Gasteiger partial charge in [-0.25, -0.2) is 4.79 Å². The summed E-state index contributed by atoms with van der Waals surface area (Å²) in [5.74, 6) is -0.639. The van der Waals surface area contributed by atoms with Gasteiger partial charge in [-0.2, -0.15) is 13.5 Å². The van der Waals surface area contributed by atoms with Crippen molar-refractivity contribution in [3.63, 3.8) is 0 Å². The molecule has 0 radical (unpaired) electrons. The first-order chi connectivity index (χ1) is 11.5. The third-order valence-electron chi connectivity index (χ3n) is 4.54. The number of nitrogens with zero attached hydrogens (tertiary/aromatic N) is 3. The molecule has 1 aromatic heterocycles. The molecule has 1 fully saturated rings. The lowest BCUT2D eigenvalue weighted by molar-refractivity contribution is 0.0698. The Morgan fingerprint density at radius 2 is 2.08 bits per heavy atom. The third-order valence-corrected chi connectivity index (χ3v) is 6.36. The van der Waals surface area contributed by atoms with E-state index < -0.39 is 16.0 Å². The second-order valence-corrected chi connectivity index (χ2v) is 8.05. The molecule has 2 aromatic rings. The normalized spacial score (nSPS) is 17.1. The van der Waals surface area contributed by atoms with Gasteiger partial charge in [0.2, 0.25) is 0 Å². The van der Waals surface area contributed by atoms with Crippen LogP contribution in [-0.4, -0.2) is 35.8 Å². The molecule has 0 amide bonds. The van der Waals surface area contributed by atoms with E-state index in [0.717, 1.165) is 18.4 Å². The summed E-state index contributed by atoms with van der Waals surface area (Å²) in [5, 5.41) is 13.7. The van der Waals surface area contributed by atoms with Gasteiger partial charge in [-0.1, -0.05) is 12.1 Å². The predicted molar refractivity (Wildman–Crippen MR) is 86.6 cm³/mol. The number of hydrogen-bond acceptors (Lipinski definition) is 4. The second kappa shape index (κ2) is 5.34. The van der Waals surface area contributed by atoms with Gasteiger partial charge in [0, 0.05) is 13.1 Å². The zero-order chi connectivity index (χ0) is 16.9. The molecule has 1 aliphatic carbocycles. The van der Waals surface area contributed by atoms with Crippen LogP contribution in [0, 0.1) is 5.92 Å². The molecule has 7 nitrogen and oxygen atoms in total. The number of benzene rings is 1. The molecule has 2 aliphatic rings. The van der Waals surface area contributed by atoms with E-state index in [-0.39, 0.29) is 22.8 Å². The first-order valence-corrected chi connectivity index (χ1v) is 9.32. The number of anilines is 1. The van der Waals surface area contributed by atoms with E-state index in [1.54, 1.807) is 12.1 Å². The van der Waals surface area contributed by atoms with Crippen molar-refractivity contribution < 1.29 is 18.3 Å². The SMILES string of the molecule is O=C(O)c1cccc2c1N(S(=O)(=O)c1ccnn1CC1CC1)CC2. The van der Waals surface area contributed by atoms with Crippen LogP contribution in [-0.2, 0) is 23.0 Å². The minimum atomic E-state index is -3.84. The van der Waals surface area contributed by atoms with E-state index in [2.05, 4.69) is 5.10 Å². The van der Waals surface area contributed by atoms with Crippen molar-refractivity contribution >= 4 is 21.7 Å². The van der Waals surface area contributed by atoms with Crippen molar-refractivity contribution in [2.75, 3.05) is 10.8 Å². The van der Waals surface area contributed by atoms with Crippen molar-refractivity contribution in [3.05, 3.63) is 41.6 Å². The molecule has 0 unspecified atom stereocenters. The lowest BCUT2D eigenvalue weighted by atomic mass is 10.1. The van der Waals surface area contributed by atoms with Crippen LogP contribution in [0.4, 0.5) is 5.69 Å². The van der Waals surface area contributed by atoms with Gasteiger partial charge in [-0.3, -0.25) is 8.99 Å². The zero-order valence-corrected chi connectivity index (χ0v) is 13.7. The highest BCUT2D eigenvalue weighted by molar-refractivity contribution is 7.92. The Labute approximate surface area is 139 Å². The molecule has 0 bridgehead atoms. The van der Waals surface area contributed by atoms with Crippen LogP contribution in [0.25, 0.3) is 0 Å². The molecular weight excluding hydrogens is 330 g/mol. The number of aromatic nitrogens is 2. The standard InChI is InChI=1S/C16H17N3O4S/c20-16(21)13-3-1-2-12-7-9-19(15(12)13)24(22,23)14-6-8-17-18(14)10-11-4-5-11/h1-3,6,8,11H,4-5,7,9-10H2,(H,20,21). The largest absolute Gasteiger partial charge is 0.478 e. The lowest BCUT2D eigenvalue weighted by Crippen LogP contribution is -2.32. The van der Waals surface area contributed by atoms with Gasteiger partial charge < -0.3 is 5.11 Å². The van der Waals surface area contributed by atoms with Crippen LogP contribution in [0.5, 0.6) is 0 Å². The Bertz CT molecular complexity index is 915. The number of aromatic carboxylic acids is 1. The predicted octanol–water partition coefficient (Wildman–Crippen LogP) is 1.74. The number of carbonyl (C=O) groups is 1. The van der Waals surface area contributed by atoms with Crippen LogP contribution in [0.2, 0.25) is 0 Å². The maximum atomic E-state index is 13.1. The van der Waals surface area contributed by atoms with Gasteiger partial charge in [0.25, 0.3) is 10.0 Å². The van der Waals surface area contributed by atoms with Gasteiger partial charge in [-0.15, -0.1) is 0 Å². The summed E-state index contributed by atoms with van der Waals surface area (Å²) in [6, 6.07) is 6.35. The highest BCUT2D eigenvalue weighted by Gasteiger charge is 2.36. The van der Waals surface area contributed by atoms with Gasteiger partial charge in [0.15, 0.2) is 5.03 Å². The summed E-state index contributed by atoms with van der Waals surface area (Å²) in [6.07, 6.45) is 4.17. The fourth-order valence-electron chi connectivity index (χ4n) is 3.17. The fourth-order valence-corrected chi connectivity index (χ4v) is 4.80. The molecule has 1 aliphatic heterocycles. The summed E-state index contributed by atoms with van der Waals surface area (Å²) in [4.78, 5) is 11.5. The first kappa shape index (κ1) is 15.2. The van der Waals surface area contributed by atoms with E-state index in [1.165, 1.54) is 27.3 Å². The minimum absolute atomic E-state index is 0.0156. The summed E-state index contributed by atoms with van der Waals surface area (Å²) < 4.78 is 29.0. The Morgan fingerprint density at radius 3 is 2.79 bits per heavy atom. The monoisotopic (exact) mass is 347 g/mol. The maximum absolute atomic E-state index is 13.1. The van der Waals surface area contributed by atoms with E-state index in [1.807, 2.05) is 0 Å². The average molecular weight is 347 g/mol. The molecule has 0 saturated heterocycles. The highest BCUT2D eigenvalue weighted by Crippen LogP contribution is 2.37. The van der Waals surface area contributed by atoms with Gasteiger partial charge >= 0.3 is 5.97 Å². The number of rotatable bonds is 5. The Kier molecular flexibility index (Phi) is 3.38. The van der Waals surface area contributed by atoms with E-state index in [4.69, 9.17) is 0 Å². The molecule has 0 spiro atoms. The molecule has 8 heteroatoms. The lowest BCUT2D eigenvalue weighted by Gasteiger charge is -2.21. The molecule has 126 valence electrons. The molecule has 1 N–H and O–H groups in total. The number of hydrogen-bond donors (Lipinski definition) is 1. The quantitative estimate of drug-likeness (QED) is 0.889. The Morgan fingerprint density at radius 1 is 1.29 bits per heavy atom. The van der Waals surface area contributed by atoms with Crippen LogP contribution in [0.1, 0.15) is 28.8 Å². The summed E-state index contributed by atoms with van der Waals surface area (Å²) in [6.45, 7) is 0.833. The van der Waals surface area contributed by atoms with Crippen LogP contribution >= 0.6 is 0 Å². The molecular formula is C16H17N3O4S. The summed E-state index contributed by atoms with van der Waals surface area (Å²) in [7, 11) is -3.84. The van der Waals surface area contributed by atoms with Gasteiger partial charge in [-0.05, 0) is 42.9 Å². The number of fused-ring (bicyclic) bond motifs is 1. The van der Waals surface area contributed by atoms with Crippen LogP contribution < -0.4 is 4.31 Å². The number of carboxylic acids is 1. The number of sulfonamides is 1.